The highest BCUT2D eigenvalue weighted by Crippen LogP contribution is 2.30. The van der Waals surface area contributed by atoms with Crippen LogP contribution in [0.1, 0.15) is 5.56 Å². The molecule has 0 aliphatic carbocycles. The molecule has 4 N–H and O–H groups in total. The molecule has 0 bridgehead atoms. The van der Waals surface area contributed by atoms with Crippen molar-refractivity contribution >= 4 is 21.4 Å². The summed E-state index contributed by atoms with van der Waals surface area (Å²) in [5, 5.41) is 3.34. The highest BCUT2D eigenvalue weighted by molar-refractivity contribution is 7.89. The van der Waals surface area contributed by atoms with Crippen molar-refractivity contribution in [3.05, 3.63) is 78.4 Å². The van der Waals surface area contributed by atoms with E-state index in [1.54, 1.807) is 12.1 Å². The van der Waals surface area contributed by atoms with Gasteiger partial charge in [0.15, 0.2) is 0 Å². The summed E-state index contributed by atoms with van der Waals surface area (Å²) in [5.41, 5.74) is 10.9. The van der Waals surface area contributed by atoms with Crippen LogP contribution in [0, 0.1) is 0 Å². The minimum absolute atomic E-state index is 0.243. The number of benzene rings is 3. The van der Waals surface area contributed by atoms with Gasteiger partial charge in [-0.25, -0.2) is 13.1 Å². The number of rotatable bonds is 6. The van der Waals surface area contributed by atoms with Gasteiger partial charge in [-0.05, 0) is 41.0 Å². The molecular formula is C23H26N4O2S. The van der Waals surface area contributed by atoms with Gasteiger partial charge in [0.1, 0.15) is 0 Å². The second-order valence-corrected chi connectivity index (χ2v) is 9.11. The molecule has 3 aromatic rings. The van der Waals surface area contributed by atoms with Gasteiger partial charge in [-0.2, -0.15) is 0 Å². The van der Waals surface area contributed by atoms with E-state index in [4.69, 9.17) is 5.73 Å². The molecule has 7 heteroatoms. The lowest BCUT2D eigenvalue weighted by atomic mass is 10.0. The second-order valence-electron chi connectivity index (χ2n) is 7.35. The number of sulfonamides is 1. The predicted octanol–water partition coefficient (Wildman–Crippen LogP) is 2.82. The highest BCUT2D eigenvalue weighted by Gasteiger charge is 2.15. The number of anilines is 2. The van der Waals surface area contributed by atoms with Gasteiger partial charge in [-0.15, -0.1) is 0 Å². The Morgan fingerprint density at radius 2 is 1.57 bits per heavy atom. The van der Waals surface area contributed by atoms with Gasteiger partial charge in [-0.3, -0.25) is 0 Å². The molecule has 0 radical (unpaired) electrons. The fourth-order valence-corrected chi connectivity index (χ4v) is 4.63. The molecule has 0 amide bonds. The lowest BCUT2D eigenvalue weighted by Crippen LogP contribution is -2.43. The van der Waals surface area contributed by atoms with E-state index in [2.05, 4.69) is 14.9 Å². The quantitative estimate of drug-likeness (QED) is 0.532. The van der Waals surface area contributed by atoms with E-state index in [0.29, 0.717) is 0 Å². The van der Waals surface area contributed by atoms with Gasteiger partial charge >= 0.3 is 0 Å². The molecule has 6 nitrogen and oxygen atoms in total. The number of nitrogen functional groups attached to an aromatic ring is 1. The van der Waals surface area contributed by atoms with Crippen LogP contribution in [0.15, 0.2) is 77.7 Å². The Morgan fingerprint density at radius 1 is 0.900 bits per heavy atom. The zero-order valence-corrected chi connectivity index (χ0v) is 17.5. The first kappa shape index (κ1) is 20.4. The average Bonchev–Trinajstić information content (AvgIpc) is 2.79. The van der Waals surface area contributed by atoms with Gasteiger partial charge in [0.2, 0.25) is 10.0 Å². The third kappa shape index (κ3) is 4.64. The van der Waals surface area contributed by atoms with Gasteiger partial charge in [0, 0.05) is 32.7 Å². The van der Waals surface area contributed by atoms with Crippen LogP contribution in [-0.4, -0.2) is 34.6 Å². The van der Waals surface area contributed by atoms with Gasteiger partial charge in [0.05, 0.1) is 16.3 Å². The first-order valence-electron chi connectivity index (χ1n) is 10.0. The number of nitrogens with zero attached hydrogens (tertiary/aromatic N) is 1. The number of nitrogens with two attached hydrogens (primary N) is 1. The van der Waals surface area contributed by atoms with Crippen LogP contribution in [0.4, 0.5) is 11.4 Å². The summed E-state index contributed by atoms with van der Waals surface area (Å²) in [4.78, 5) is 2.52. The molecule has 1 fully saturated rings. The van der Waals surface area contributed by atoms with E-state index in [-0.39, 0.29) is 11.4 Å². The standard InChI is InChI=1S/C23H26N4O2S/c24-22-16-20(8-11-23(22)27-14-12-25-13-15-27)19-6-9-21(10-7-19)30(28,29)26-17-18-4-2-1-3-5-18/h1-11,16,25-26H,12-15,17,24H2. The minimum atomic E-state index is -3.57. The van der Waals surface area contributed by atoms with Crippen LogP contribution in [0.3, 0.4) is 0 Å². The molecule has 1 saturated heterocycles. The first-order chi connectivity index (χ1) is 14.5. The van der Waals surface area contributed by atoms with Crippen molar-refractivity contribution in [1.82, 2.24) is 10.0 Å². The molecule has 0 atom stereocenters. The molecule has 156 valence electrons. The third-order valence-electron chi connectivity index (χ3n) is 5.29. The maximum absolute atomic E-state index is 12.6. The Bertz CT molecular complexity index is 1090. The van der Waals surface area contributed by atoms with E-state index in [0.717, 1.165) is 54.2 Å². The normalized spacial score (nSPS) is 14.6. The van der Waals surface area contributed by atoms with Gasteiger partial charge in [0.25, 0.3) is 0 Å². The maximum atomic E-state index is 12.6. The van der Waals surface area contributed by atoms with E-state index in [1.807, 2.05) is 60.7 Å². The minimum Gasteiger partial charge on any atom is -0.397 e. The lowest BCUT2D eigenvalue weighted by Gasteiger charge is -2.30. The van der Waals surface area contributed by atoms with Gasteiger partial charge < -0.3 is 16.0 Å². The molecule has 0 unspecified atom stereocenters. The van der Waals surface area contributed by atoms with Crippen LogP contribution in [-0.2, 0) is 16.6 Å². The Balaban J connectivity index is 1.48. The maximum Gasteiger partial charge on any atom is 0.240 e. The van der Waals surface area contributed by atoms with Crippen molar-refractivity contribution in [2.75, 3.05) is 36.8 Å². The SMILES string of the molecule is Nc1cc(-c2ccc(S(=O)(=O)NCc3ccccc3)cc2)ccc1N1CCNCC1. The molecule has 3 aromatic carbocycles. The first-order valence-corrected chi connectivity index (χ1v) is 11.5. The number of hydrogen-bond donors (Lipinski definition) is 3. The molecule has 0 spiro atoms. The van der Waals surface area contributed by atoms with Crippen LogP contribution in [0.25, 0.3) is 11.1 Å². The van der Waals surface area contributed by atoms with Crippen molar-refractivity contribution in [3.8, 4) is 11.1 Å². The Kier molecular flexibility index (Phi) is 6.03. The molecule has 1 aliphatic heterocycles. The highest BCUT2D eigenvalue weighted by atomic mass is 32.2. The molecule has 0 saturated carbocycles. The molecule has 1 aliphatic rings. The van der Waals surface area contributed by atoms with Crippen LogP contribution >= 0.6 is 0 Å². The summed E-state index contributed by atoms with van der Waals surface area (Å²) in [5.74, 6) is 0. The largest absolute Gasteiger partial charge is 0.397 e. The molecule has 0 aromatic heterocycles. The van der Waals surface area contributed by atoms with Gasteiger partial charge in [-0.1, -0.05) is 48.5 Å². The summed E-state index contributed by atoms with van der Waals surface area (Å²) in [6.45, 7) is 4.04. The smallest absolute Gasteiger partial charge is 0.240 e. The van der Waals surface area contributed by atoms with E-state index < -0.39 is 10.0 Å². The Labute approximate surface area is 177 Å². The Morgan fingerprint density at radius 3 is 2.23 bits per heavy atom. The zero-order valence-electron chi connectivity index (χ0n) is 16.7. The second kappa shape index (κ2) is 8.87. The monoisotopic (exact) mass is 422 g/mol. The van der Waals surface area contributed by atoms with Crippen molar-refractivity contribution in [3.63, 3.8) is 0 Å². The van der Waals surface area contributed by atoms with Crippen LogP contribution in [0.2, 0.25) is 0 Å². The summed E-state index contributed by atoms with van der Waals surface area (Å²) in [6, 6.07) is 22.4. The number of piperazine rings is 1. The molecular weight excluding hydrogens is 396 g/mol. The third-order valence-corrected chi connectivity index (χ3v) is 6.71. The van der Waals surface area contributed by atoms with Crippen LogP contribution in [0.5, 0.6) is 0 Å². The van der Waals surface area contributed by atoms with Crippen molar-refractivity contribution in [2.24, 2.45) is 0 Å². The zero-order chi connectivity index (χ0) is 21.0. The average molecular weight is 423 g/mol. The van der Waals surface area contributed by atoms with Crippen molar-refractivity contribution in [2.45, 2.75) is 11.4 Å². The van der Waals surface area contributed by atoms with Crippen molar-refractivity contribution in [1.29, 1.82) is 0 Å². The summed E-state index contributed by atoms with van der Waals surface area (Å²) >= 11 is 0. The predicted molar refractivity (Wildman–Crippen MR) is 122 cm³/mol. The lowest BCUT2D eigenvalue weighted by molar-refractivity contribution is 0.581. The summed E-state index contributed by atoms with van der Waals surface area (Å²) < 4.78 is 27.8. The van der Waals surface area contributed by atoms with Crippen molar-refractivity contribution < 1.29 is 8.42 Å². The molecule has 30 heavy (non-hydrogen) atoms. The Hall–Kier alpha value is -2.87. The number of hydrogen-bond acceptors (Lipinski definition) is 5. The molecule has 4 rings (SSSR count). The molecule has 1 heterocycles. The fraction of sp³-hybridized carbons (Fsp3) is 0.217. The van der Waals surface area contributed by atoms with E-state index in [1.165, 1.54) is 0 Å². The summed E-state index contributed by atoms with van der Waals surface area (Å²) in [7, 11) is -3.57. The van der Waals surface area contributed by atoms with Crippen LogP contribution < -0.4 is 20.7 Å². The van der Waals surface area contributed by atoms with E-state index >= 15 is 0 Å². The summed E-state index contributed by atoms with van der Waals surface area (Å²) in [6.07, 6.45) is 0. The fourth-order valence-electron chi connectivity index (χ4n) is 3.61. The topological polar surface area (TPSA) is 87.5 Å². The number of nitrogens with one attached hydrogen (secondary N) is 2. The van der Waals surface area contributed by atoms with E-state index in [9.17, 15) is 8.42 Å².